The molecule has 0 aliphatic carbocycles. The molecule has 0 amide bonds. The van der Waals surface area contributed by atoms with Crippen molar-refractivity contribution in [3.05, 3.63) is 102 Å². The molecular formula is C27H24O3. The average Bonchev–Trinajstić information content (AvgIpc) is 2.77. The van der Waals surface area contributed by atoms with Gasteiger partial charge in [-0.3, -0.25) is 0 Å². The van der Waals surface area contributed by atoms with E-state index in [1.54, 1.807) is 24.3 Å². The van der Waals surface area contributed by atoms with Crippen LogP contribution in [0, 0.1) is 0 Å². The maximum Gasteiger partial charge on any atom is 0.127 e. The van der Waals surface area contributed by atoms with Crippen LogP contribution < -0.4 is 0 Å². The molecule has 3 nitrogen and oxygen atoms in total. The van der Waals surface area contributed by atoms with E-state index >= 15 is 0 Å². The molecule has 0 aliphatic heterocycles. The monoisotopic (exact) mass is 396 g/mol. The van der Waals surface area contributed by atoms with Crippen LogP contribution in [0.2, 0.25) is 0 Å². The molecule has 3 N–H and O–H groups in total. The van der Waals surface area contributed by atoms with Crippen molar-refractivity contribution in [3.8, 4) is 39.5 Å². The van der Waals surface area contributed by atoms with Crippen LogP contribution in [0.5, 0.6) is 17.2 Å². The number of benzene rings is 4. The van der Waals surface area contributed by atoms with Crippen LogP contribution in [0.1, 0.15) is 30.4 Å². The summed E-state index contributed by atoms with van der Waals surface area (Å²) in [4.78, 5) is 0. The Kier molecular flexibility index (Phi) is 5.44. The van der Waals surface area contributed by atoms with Gasteiger partial charge in [-0.1, -0.05) is 73.7 Å². The van der Waals surface area contributed by atoms with E-state index in [4.69, 9.17) is 0 Å². The van der Waals surface area contributed by atoms with Gasteiger partial charge in [0.2, 0.25) is 0 Å². The lowest BCUT2D eigenvalue weighted by molar-refractivity contribution is 0.444. The van der Waals surface area contributed by atoms with Crippen LogP contribution in [-0.4, -0.2) is 15.3 Å². The Labute approximate surface area is 176 Å². The zero-order valence-electron chi connectivity index (χ0n) is 16.8. The topological polar surface area (TPSA) is 60.7 Å². The molecule has 0 heterocycles. The highest BCUT2D eigenvalue weighted by Gasteiger charge is 2.19. The van der Waals surface area contributed by atoms with Crippen molar-refractivity contribution in [2.75, 3.05) is 0 Å². The predicted molar refractivity (Wildman–Crippen MR) is 121 cm³/mol. The van der Waals surface area contributed by atoms with Crippen LogP contribution >= 0.6 is 0 Å². The third-order valence-corrected chi connectivity index (χ3v) is 5.53. The maximum absolute atomic E-state index is 10.6. The fourth-order valence-corrected chi connectivity index (χ4v) is 3.92. The third kappa shape index (κ3) is 3.87. The number of phenolic OH excluding ortho intramolecular Hbond substituents is 3. The highest BCUT2D eigenvalue weighted by atomic mass is 16.3. The van der Waals surface area contributed by atoms with Crippen molar-refractivity contribution in [2.45, 2.75) is 19.3 Å². The molecule has 3 heteroatoms. The second-order valence-corrected chi connectivity index (χ2v) is 7.42. The number of phenols is 3. The first-order valence-corrected chi connectivity index (χ1v) is 10.1. The normalized spacial score (nSPS) is 11.9. The molecule has 4 rings (SSSR count). The molecule has 4 aromatic carbocycles. The largest absolute Gasteiger partial charge is 0.508 e. The van der Waals surface area contributed by atoms with Gasteiger partial charge in [-0.05, 0) is 46.9 Å². The summed E-state index contributed by atoms with van der Waals surface area (Å²) in [5.41, 5.74) is 5.59. The lowest BCUT2D eigenvalue weighted by atomic mass is 9.86. The molecule has 0 bridgehead atoms. The smallest absolute Gasteiger partial charge is 0.127 e. The van der Waals surface area contributed by atoms with Crippen molar-refractivity contribution in [1.82, 2.24) is 0 Å². The maximum atomic E-state index is 10.6. The minimum Gasteiger partial charge on any atom is -0.508 e. The summed E-state index contributed by atoms with van der Waals surface area (Å²) in [5, 5.41) is 30.6. The van der Waals surface area contributed by atoms with Gasteiger partial charge in [-0.25, -0.2) is 0 Å². The summed E-state index contributed by atoms with van der Waals surface area (Å²) in [6.07, 6.45) is 0.804. The Bertz CT molecular complexity index is 1130. The van der Waals surface area contributed by atoms with E-state index in [0.29, 0.717) is 5.56 Å². The molecule has 150 valence electrons. The summed E-state index contributed by atoms with van der Waals surface area (Å²) < 4.78 is 0. The minimum absolute atomic E-state index is 0.00807. The summed E-state index contributed by atoms with van der Waals surface area (Å²) in [6, 6.07) is 28.5. The third-order valence-electron chi connectivity index (χ3n) is 5.53. The van der Waals surface area contributed by atoms with Crippen LogP contribution in [-0.2, 0) is 0 Å². The van der Waals surface area contributed by atoms with Gasteiger partial charge < -0.3 is 15.3 Å². The van der Waals surface area contributed by atoms with E-state index in [1.807, 2.05) is 24.3 Å². The average molecular weight is 396 g/mol. The first kappa shape index (κ1) is 19.6. The molecule has 0 fully saturated rings. The number of rotatable bonds is 5. The lowest BCUT2D eigenvalue weighted by Crippen LogP contribution is -2.01. The van der Waals surface area contributed by atoms with Crippen LogP contribution in [0.4, 0.5) is 0 Å². The van der Waals surface area contributed by atoms with E-state index in [1.165, 1.54) is 11.6 Å². The Morgan fingerprint density at radius 3 is 1.87 bits per heavy atom. The Hall–Kier alpha value is -3.72. The molecule has 4 aromatic rings. The first-order chi connectivity index (χ1) is 14.6. The van der Waals surface area contributed by atoms with Crippen molar-refractivity contribution in [1.29, 1.82) is 0 Å². The minimum atomic E-state index is -0.00807. The fourth-order valence-electron chi connectivity index (χ4n) is 3.92. The Morgan fingerprint density at radius 2 is 1.23 bits per heavy atom. The number of aromatic hydroxyl groups is 3. The van der Waals surface area contributed by atoms with Gasteiger partial charge in [0, 0.05) is 23.1 Å². The second-order valence-electron chi connectivity index (χ2n) is 7.42. The molecule has 0 spiro atoms. The molecule has 1 unspecified atom stereocenters. The summed E-state index contributed by atoms with van der Waals surface area (Å²) in [5.74, 6) is 0.249. The van der Waals surface area contributed by atoms with E-state index < -0.39 is 0 Å². The molecule has 0 saturated heterocycles. The molecule has 30 heavy (non-hydrogen) atoms. The zero-order chi connectivity index (χ0) is 21.1. The molecule has 0 radical (unpaired) electrons. The van der Waals surface area contributed by atoms with Crippen molar-refractivity contribution in [2.24, 2.45) is 0 Å². The number of hydrogen-bond acceptors (Lipinski definition) is 3. The SMILES string of the molecule is CCC(c1ccc(-c2ccccc2)cc1)c1cc(-c2ccc(O)cc2)c(O)cc1O. The second kappa shape index (κ2) is 8.34. The summed E-state index contributed by atoms with van der Waals surface area (Å²) in [6.45, 7) is 2.09. The van der Waals surface area contributed by atoms with Gasteiger partial charge in [0.15, 0.2) is 0 Å². The molecule has 1 atom stereocenters. The lowest BCUT2D eigenvalue weighted by Gasteiger charge is -2.20. The van der Waals surface area contributed by atoms with Crippen molar-refractivity contribution >= 4 is 0 Å². The highest BCUT2D eigenvalue weighted by Crippen LogP contribution is 2.41. The van der Waals surface area contributed by atoms with Gasteiger partial charge in [0.25, 0.3) is 0 Å². The molecule has 0 aliphatic rings. The van der Waals surface area contributed by atoms with Crippen molar-refractivity contribution in [3.63, 3.8) is 0 Å². The van der Waals surface area contributed by atoms with Gasteiger partial charge in [0.05, 0.1) is 0 Å². The quantitative estimate of drug-likeness (QED) is 0.353. The molecule has 0 aromatic heterocycles. The van der Waals surface area contributed by atoms with Gasteiger partial charge in [-0.15, -0.1) is 0 Å². The predicted octanol–water partition coefficient (Wildman–Crippen LogP) is 6.68. The van der Waals surface area contributed by atoms with E-state index in [-0.39, 0.29) is 23.2 Å². The Morgan fingerprint density at radius 1 is 0.633 bits per heavy atom. The molecular weight excluding hydrogens is 372 g/mol. The van der Waals surface area contributed by atoms with Gasteiger partial charge >= 0.3 is 0 Å². The van der Waals surface area contributed by atoms with E-state index in [0.717, 1.165) is 28.7 Å². The van der Waals surface area contributed by atoms with Crippen molar-refractivity contribution < 1.29 is 15.3 Å². The van der Waals surface area contributed by atoms with Crippen LogP contribution in [0.3, 0.4) is 0 Å². The summed E-state index contributed by atoms with van der Waals surface area (Å²) >= 11 is 0. The zero-order valence-corrected chi connectivity index (χ0v) is 16.8. The van der Waals surface area contributed by atoms with Crippen LogP contribution in [0.15, 0.2) is 91.0 Å². The van der Waals surface area contributed by atoms with E-state index in [9.17, 15) is 15.3 Å². The van der Waals surface area contributed by atoms with Gasteiger partial charge in [0.1, 0.15) is 17.2 Å². The summed E-state index contributed by atoms with van der Waals surface area (Å²) in [7, 11) is 0. The standard InChI is InChI=1S/C27H24O3/c1-2-23(20-10-8-19(9-11-20)18-6-4-3-5-7-18)25-16-24(26(29)17-27(25)30)21-12-14-22(28)15-13-21/h3-17,23,28-30H,2H2,1H3. The van der Waals surface area contributed by atoms with Crippen LogP contribution in [0.25, 0.3) is 22.3 Å². The first-order valence-electron chi connectivity index (χ1n) is 10.1. The highest BCUT2D eigenvalue weighted by molar-refractivity contribution is 5.73. The fraction of sp³-hybridized carbons (Fsp3) is 0.111. The number of hydrogen-bond donors (Lipinski definition) is 3. The van der Waals surface area contributed by atoms with E-state index in [2.05, 4.69) is 43.3 Å². The molecule has 0 saturated carbocycles. The Balaban J connectivity index is 1.72. The van der Waals surface area contributed by atoms with Gasteiger partial charge in [-0.2, -0.15) is 0 Å².